The molecule has 1 nitrogen and oxygen atoms in total. The zero-order valence-corrected chi connectivity index (χ0v) is 9.35. The van der Waals surface area contributed by atoms with Gasteiger partial charge < -0.3 is 5.32 Å². The van der Waals surface area contributed by atoms with Crippen LogP contribution in [0.25, 0.3) is 0 Å². The van der Waals surface area contributed by atoms with Crippen LogP contribution in [0.5, 0.6) is 0 Å². The van der Waals surface area contributed by atoms with E-state index in [1.165, 1.54) is 16.8 Å². The van der Waals surface area contributed by atoms with Crippen molar-refractivity contribution in [3.8, 4) is 0 Å². The molecule has 0 atom stereocenters. The highest BCUT2D eigenvalue weighted by Gasteiger charge is 1.97. The third-order valence-electron chi connectivity index (χ3n) is 2.32. The predicted molar refractivity (Wildman–Crippen MR) is 63.9 cm³/mol. The van der Waals surface area contributed by atoms with Crippen LogP contribution in [0.3, 0.4) is 0 Å². The van der Waals surface area contributed by atoms with E-state index in [1.54, 1.807) is 0 Å². The van der Waals surface area contributed by atoms with Gasteiger partial charge in [-0.2, -0.15) is 0 Å². The Morgan fingerprint density at radius 3 is 2.71 bits per heavy atom. The molecule has 0 saturated carbocycles. The Hall–Kier alpha value is -1.24. The van der Waals surface area contributed by atoms with Gasteiger partial charge in [0.15, 0.2) is 0 Å². The molecule has 0 radical (unpaired) electrons. The van der Waals surface area contributed by atoms with Gasteiger partial charge in [0, 0.05) is 12.2 Å². The Morgan fingerprint density at radius 2 is 2.14 bits per heavy atom. The van der Waals surface area contributed by atoms with Gasteiger partial charge in [-0.15, -0.1) is 0 Å². The first-order valence-corrected chi connectivity index (χ1v) is 5.11. The average Bonchev–Trinajstić information content (AvgIpc) is 2.16. The fraction of sp³-hybridized carbons (Fsp3) is 0.385. The van der Waals surface area contributed by atoms with Crippen LogP contribution in [0, 0.1) is 6.92 Å². The second-order valence-corrected chi connectivity index (χ2v) is 3.81. The molecule has 14 heavy (non-hydrogen) atoms. The Kier molecular flexibility index (Phi) is 3.75. The maximum Gasteiger partial charge on any atom is 0.0354 e. The minimum atomic E-state index is 0.853. The highest BCUT2D eigenvalue weighted by Crippen LogP contribution is 2.15. The van der Waals surface area contributed by atoms with Crippen molar-refractivity contribution in [1.82, 2.24) is 0 Å². The van der Waals surface area contributed by atoms with E-state index >= 15 is 0 Å². The number of nitrogens with one attached hydrogen (secondary N) is 1. The summed E-state index contributed by atoms with van der Waals surface area (Å²) < 4.78 is 0. The smallest absolute Gasteiger partial charge is 0.0354 e. The van der Waals surface area contributed by atoms with Gasteiger partial charge in [-0.25, -0.2) is 0 Å². The van der Waals surface area contributed by atoms with Crippen molar-refractivity contribution in [2.24, 2.45) is 0 Å². The van der Waals surface area contributed by atoms with Gasteiger partial charge in [-0.1, -0.05) is 25.1 Å². The number of hydrogen-bond donors (Lipinski definition) is 1. The topological polar surface area (TPSA) is 12.0 Å². The van der Waals surface area contributed by atoms with E-state index in [1.807, 2.05) is 6.92 Å². The molecule has 0 aliphatic carbocycles. The Morgan fingerprint density at radius 1 is 1.43 bits per heavy atom. The summed E-state index contributed by atoms with van der Waals surface area (Å²) in [7, 11) is 0. The number of hydrogen-bond acceptors (Lipinski definition) is 1. The largest absolute Gasteiger partial charge is 0.381 e. The average molecular weight is 189 g/mol. The van der Waals surface area contributed by atoms with Crippen LogP contribution in [-0.4, -0.2) is 6.54 Å². The molecule has 76 valence electrons. The molecule has 0 unspecified atom stereocenters. The van der Waals surface area contributed by atoms with Crippen molar-refractivity contribution in [2.45, 2.75) is 27.2 Å². The Bertz CT molecular complexity index is 326. The van der Waals surface area contributed by atoms with Crippen LogP contribution in [0.2, 0.25) is 0 Å². The summed E-state index contributed by atoms with van der Waals surface area (Å²) in [6, 6.07) is 6.51. The van der Waals surface area contributed by atoms with Crippen molar-refractivity contribution < 1.29 is 0 Å². The first kappa shape index (κ1) is 10.8. The summed E-state index contributed by atoms with van der Waals surface area (Å²) in [6.45, 7) is 11.1. The predicted octanol–water partition coefficient (Wildman–Crippen LogP) is 3.55. The molecule has 0 amide bonds. The van der Waals surface area contributed by atoms with Crippen LogP contribution in [0.1, 0.15) is 25.0 Å². The normalized spacial score (nSPS) is 9.93. The second-order valence-electron chi connectivity index (χ2n) is 3.81. The molecule has 0 aliphatic rings. The molecule has 0 bridgehead atoms. The molecule has 1 heteroatoms. The number of rotatable bonds is 4. The molecule has 0 fully saturated rings. The lowest BCUT2D eigenvalue weighted by Crippen LogP contribution is -2.02. The molecule has 0 heterocycles. The van der Waals surface area contributed by atoms with E-state index in [-0.39, 0.29) is 0 Å². The van der Waals surface area contributed by atoms with Gasteiger partial charge in [0.05, 0.1) is 0 Å². The summed E-state index contributed by atoms with van der Waals surface area (Å²) in [5.74, 6) is 0. The lowest BCUT2D eigenvalue weighted by Gasteiger charge is -2.09. The van der Waals surface area contributed by atoms with Crippen LogP contribution in [-0.2, 0) is 6.42 Å². The van der Waals surface area contributed by atoms with Gasteiger partial charge >= 0.3 is 0 Å². The summed E-state index contributed by atoms with van der Waals surface area (Å²) in [6.07, 6.45) is 1.09. The van der Waals surface area contributed by atoms with E-state index in [0.29, 0.717) is 0 Å². The lowest BCUT2D eigenvalue weighted by molar-refractivity contribution is 1.10. The van der Waals surface area contributed by atoms with E-state index in [0.717, 1.165) is 18.5 Å². The minimum absolute atomic E-state index is 0.853. The van der Waals surface area contributed by atoms with Crippen molar-refractivity contribution in [3.05, 3.63) is 41.5 Å². The third kappa shape index (κ3) is 2.91. The van der Waals surface area contributed by atoms with Gasteiger partial charge in [-0.3, -0.25) is 0 Å². The molecular formula is C13H19N. The lowest BCUT2D eigenvalue weighted by atomic mass is 10.1. The van der Waals surface area contributed by atoms with Crippen LogP contribution in [0.4, 0.5) is 5.69 Å². The Labute approximate surface area is 86.8 Å². The SMILES string of the molecule is C=C(C)CNc1ccc(C)c(CC)c1. The quantitative estimate of drug-likeness (QED) is 0.714. The molecule has 1 aromatic rings. The fourth-order valence-electron chi connectivity index (χ4n) is 1.42. The highest BCUT2D eigenvalue weighted by molar-refractivity contribution is 5.49. The highest BCUT2D eigenvalue weighted by atomic mass is 14.9. The summed E-state index contributed by atoms with van der Waals surface area (Å²) in [5, 5.41) is 3.35. The third-order valence-corrected chi connectivity index (χ3v) is 2.32. The van der Waals surface area contributed by atoms with E-state index in [4.69, 9.17) is 0 Å². The molecule has 1 aromatic carbocycles. The van der Waals surface area contributed by atoms with E-state index in [9.17, 15) is 0 Å². The number of anilines is 1. The van der Waals surface area contributed by atoms with Crippen LogP contribution >= 0.6 is 0 Å². The van der Waals surface area contributed by atoms with Crippen molar-refractivity contribution >= 4 is 5.69 Å². The zero-order chi connectivity index (χ0) is 10.6. The monoisotopic (exact) mass is 189 g/mol. The van der Waals surface area contributed by atoms with Crippen molar-refractivity contribution in [3.63, 3.8) is 0 Å². The summed E-state index contributed by atoms with van der Waals surface area (Å²) in [4.78, 5) is 0. The van der Waals surface area contributed by atoms with Gasteiger partial charge in [0.2, 0.25) is 0 Å². The molecule has 1 rings (SSSR count). The van der Waals surface area contributed by atoms with Gasteiger partial charge in [0.1, 0.15) is 0 Å². The van der Waals surface area contributed by atoms with Crippen LogP contribution < -0.4 is 5.32 Å². The Balaban J connectivity index is 2.74. The van der Waals surface area contributed by atoms with Crippen molar-refractivity contribution in [1.29, 1.82) is 0 Å². The van der Waals surface area contributed by atoms with Gasteiger partial charge in [-0.05, 0) is 43.5 Å². The molecular weight excluding hydrogens is 170 g/mol. The standard InChI is InChI=1S/C13H19N/c1-5-12-8-13(7-6-11(12)4)14-9-10(2)3/h6-8,14H,2,5,9H2,1,3-4H3. The van der Waals surface area contributed by atoms with E-state index in [2.05, 4.69) is 43.9 Å². The number of benzene rings is 1. The molecule has 0 aromatic heterocycles. The maximum atomic E-state index is 3.87. The van der Waals surface area contributed by atoms with Crippen molar-refractivity contribution in [2.75, 3.05) is 11.9 Å². The number of aryl methyl sites for hydroxylation is 2. The minimum Gasteiger partial charge on any atom is -0.381 e. The first-order chi connectivity index (χ1) is 6.63. The molecule has 0 spiro atoms. The zero-order valence-electron chi connectivity index (χ0n) is 9.35. The maximum absolute atomic E-state index is 3.87. The summed E-state index contributed by atoms with van der Waals surface area (Å²) in [5.41, 5.74) is 5.13. The second kappa shape index (κ2) is 4.85. The molecule has 1 N–H and O–H groups in total. The fourth-order valence-corrected chi connectivity index (χ4v) is 1.42. The molecule has 0 aliphatic heterocycles. The first-order valence-electron chi connectivity index (χ1n) is 5.11. The van der Waals surface area contributed by atoms with Gasteiger partial charge in [0.25, 0.3) is 0 Å². The molecule has 0 saturated heterocycles. The van der Waals surface area contributed by atoms with E-state index < -0.39 is 0 Å². The van der Waals surface area contributed by atoms with Crippen LogP contribution in [0.15, 0.2) is 30.4 Å². The summed E-state index contributed by atoms with van der Waals surface area (Å²) >= 11 is 0.